The maximum Gasteiger partial charge on any atom is 0.124 e. The molecule has 102 valence electrons. The molecule has 1 unspecified atom stereocenters. The number of nitrogens with zero attached hydrogens (tertiary/aromatic N) is 2. The predicted molar refractivity (Wildman–Crippen MR) is 74.6 cm³/mol. The van der Waals surface area contributed by atoms with Crippen LogP contribution < -0.4 is 16.4 Å². The van der Waals surface area contributed by atoms with Crippen LogP contribution in [-0.2, 0) is 0 Å². The van der Waals surface area contributed by atoms with E-state index in [9.17, 15) is 0 Å². The molecule has 2 heterocycles. The van der Waals surface area contributed by atoms with Crippen molar-refractivity contribution in [2.75, 3.05) is 31.5 Å². The van der Waals surface area contributed by atoms with Gasteiger partial charge in [-0.1, -0.05) is 13.8 Å². The van der Waals surface area contributed by atoms with E-state index in [1.165, 1.54) is 6.42 Å². The zero-order valence-electron chi connectivity index (χ0n) is 11.4. The van der Waals surface area contributed by atoms with E-state index in [0.29, 0.717) is 17.9 Å². The number of hydrogen-bond donors (Lipinski definition) is 3. The lowest BCUT2D eigenvalue weighted by Crippen LogP contribution is -2.44. The maximum atomic E-state index is 5.82. The lowest BCUT2D eigenvalue weighted by Gasteiger charge is -2.29. The van der Waals surface area contributed by atoms with Crippen LogP contribution in [0.1, 0.15) is 26.3 Å². The van der Waals surface area contributed by atoms with E-state index in [0.717, 1.165) is 32.0 Å². The molecular weight excluding hydrogens is 226 g/mol. The summed E-state index contributed by atoms with van der Waals surface area (Å²) >= 11 is 0. The van der Waals surface area contributed by atoms with Crippen molar-refractivity contribution in [3.05, 3.63) is 12.3 Å². The Morgan fingerprint density at radius 1 is 1.56 bits per heavy atom. The smallest absolute Gasteiger partial charge is 0.124 e. The first-order valence-electron chi connectivity index (χ1n) is 6.89. The van der Waals surface area contributed by atoms with Gasteiger partial charge < -0.3 is 16.4 Å². The molecule has 0 saturated carbocycles. The lowest BCUT2D eigenvalue weighted by molar-refractivity contribution is 0.320. The van der Waals surface area contributed by atoms with Gasteiger partial charge >= 0.3 is 0 Å². The van der Waals surface area contributed by atoms with Crippen LogP contribution in [0.3, 0.4) is 0 Å². The molecule has 1 aromatic rings. The summed E-state index contributed by atoms with van der Waals surface area (Å²) in [5.41, 5.74) is 5.82. The highest BCUT2D eigenvalue weighted by atomic mass is 15.4. The van der Waals surface area contributed by atoms with E-state index < -0.39 is 0 Å². The third-order valence-electron chi connectivity index (χ3n) is 3.49. The zero-order chi connectivity index (χ0) is 13.0. The van der Waals surface area contributed by atoms with Crippen molar-refractivity contribution in [3.8, 4) is 0 Å². The Hall–Kier alpha value is -1.07. The first-order valence-corrected chi connectivity index (χ1v) is 6.89. The SMILES string of the molecule is CC(C)CC(CN)CNc1ccnn1C1CNC1. The Balaban J connectivity index is 1.86. The number of nitrogens with one attached hydrogen (secondary N) is 2. The molecule has 5 nitrogen and oxygen atoms in total. The molecule has 1 aliphatic rings. The van der Waals surface area contributed by atoms with Crippen LogP contribution in [0.15, 0.2) is 12.3 Å². The molecular formula is C13H25N5. The van der Waals surface area contributed by atoms with Crippen LogP contribution in [0, 0.1) is 11.8 Å². The quantitative estimate of drug-likeness (QED) is 0.678. The molecule has 1 atom stereocenters. The largest absolute Gasteiger partial charge is 0.370 e. The second-order valence-corrected chi connectivity index (χ2v) is 5.59. The van der Waals surface area contributed by atoms with Crippen molar-refractivity contribution in [1.29, 1.82) is 0 Å². The molecule has 18 heavy (non-hydrogen) atoms. The molecule has 0 aromatic carbocycles. The molecule has 1 fully saturated rings. The molecule has 1 saturated heterocycles. The number of aromatic nitrogens is 2. The molecule has 2 rings (SSSR count). The Morgan fingerprint density at radius 2 is 2.33 bits per heavy atom. The Labute approximate surface area is 109 Å². The molecule has 0 bridgehead atoms. The van der Waals surface area contributed by atoms with E-state index >= 15 is 0 Å². The highest BCUT2D eigenvalue weighted by Crippen LogP contribution is 2.18. The summed E-state index contributed by atoms with van der Waals surface area (Å²) < 4.78 is 2.08. The van der Waals surface area contributed by atoms with Gasteiger partial charge in [0.05, 0.1) is 12.2 Å². The highest BCUT2D eigenvalue weighted by molar-refractivity contribution is 5.34. The van der Waals surface area contributed by atoms with Gasteiger partial charge in [-0.3, -0.25) is 0 Å². The fraction of sp³-hybridized carbons (Fsp3) is 0.769. The summed E-state index contributed by atoms with van der Waals surface area (Å²) in [7, 11) is 0. The third kappa shape index (κ3) is 3.23. The van der Waals surface area contributed by atoms with E-state index in [-0.39, 0.29) is 0 Å². The summed E-state index contributed by atoms with van der Waals surface area (Å²) in [6.07, 6.45) is 3.03. The summed E-state index contributed by atoms with van der Waals surface area (Å²) in [6, 6.07) is 2.55. The second-order valence-electron chi connectivity index (χ2n) is 5.59. The number of hydrogen-bond acceptors (Lipinski definition) is 4. The average molecular weight is 251 g/mol. The van der Waals surface area contributed by atoms with Crippen molar-refractivity contribution >= 4 is 5.82 Å². The maximum absolute atomic E-state index is 5.82. The van der Waals surface area contributed by atoms with Crippen molar-refractivity contribution in [2.45, 2.75) is 26.3 Å². The number of nitrogens with two attached hydrogens (primary N) is 1. The summed E-state index contributed by atoms with van der Waals surface area (Å²) in [5, 5.41) is 11.1. The van der Waals surface area contributed by atoms with Gasteiger partial charge in [-0.05, 0) is 24.8 Å². The zero-order valence-corrected chi connectivity index (χ0v) is 11.4. The minimum Gasteiger partial charge on any atom is -0.370 e. The van der Waals surface area contributed by atoms with Crippen molar-refractivity contribution in [3.63, 3.8) is 0 Å². The predicted octanol–water partition coefficient (Wildman–Crippen LogP) is 1.06. The van der Waals surface area contributed by atoms with Gasteiger partial charge in [-0.2, -0.15) is 5.10 Å². The fourth-order valence-corrected chi connectivity index (χ4v) is 2.37. The Morgan fingerprint density at radius 3 is 2.89 bits per heavy atom. The Bertz CT molecular complexity index is 356. The van der Waals surface area contributed by atoms with E-state index in [4.69, 9.17) is 5.73 Å². The minimum atomic E-state index is 0.504. The molecule has 5 heteroatoms. The van der Waals surface area contributed by atoms with Gasteiger partial charge in [0.25, 0.3) is 0 Å². The van der Waals surface area contributed by atoms with Gasteiger partial charge in [0.1, 0.15) is 5.82 Å². The molecule has 0 aliphatic carbocycles. The van der Waals surface area contributed by atoms with Gasteiger partial charge in [-0.15, -0.1) is 0 Å². The average Bonchev–Trinajstić information content (AvgIpc) is 2.69. The van der Waals surface area contributed by atoms with Crippen LogP contribution in [0.5, 0.6) is 0 Å². The number of rotatable bonds is 7. The normalized spacial score (nSPS) is 17.8. The molecule has 0 amide bonds. The van der Waals surface area contributed by atoms with E-state index in [1.807, 2.05) is 12.3 Å². The van der Waals surface area contributed by atoms with Crippen molar-refractivity contribution in [1.82, 2.24) is 15.1 Å². The second kappa shape index (κ2) is 6.20. The first-order chi connectivity index (χ1) is 8.70. The van der Waals surface area contributed by atoms with E-state index in [2.05, 4.69) is 34.3 Å². The number of anilines is 1. The van der Waals surface area contributed by atoms with Crippen LogP contribution in [0.25, 0.3) is 0 Å². The fourth-order valence-electron chi connectivity index (χ4n) is 2.37. The minimum absolute atomic E-state index is 0.504. The van der Waals surface area contributed by atoms with E-state index in [1.54, 1.807) is 0 Å². The van der Waals surface area contributed by atoms with Crippen LogP contribution in [-0.4, -0.2) is 36.0 Å². The van der Waals surface area contributed by atoms with Crippen LogP contribution in [0.2, 0.25) is 0 Å². The van der Waals surface area contributed by atoms with Gasteiger partial charge in [-0.25, -0.2) is 4.68 Å². The molecule has 0 radical (unpaired) electrons. The molecule has 1 aliphatic heterocycles. The monoisotopic (exact) mass is 251 g/mol. The highest BCUT2D eigenvalue weighted by Gasteiger charge is 2.21. The standard InChI is InChI=1S/C13H25N5/c1-10(2)5-11(6-14)7-16-13-3-4-17-18(13)12-8-15-9-12/h3-4,10-12,15-16H,5-9,14H2,1-2H3. The Kier molecular flexibility index (Phi) is 4.60. The van der Waals surface area contributed by atoms with Crippen LogP contribution >= 0.6 is 0 Å². The van der Waals surface area contributed by atoms with Gasteiger partial charge in [0.2, 0.25) is 0 Å². The molecule has 1 aromatic heterocycles. The molecule has 4 N–H and O–H groups in total. The van der Waals surface area contributed by atoms with Gasteiger partial charge in [0, 0.05) is 25.7 Å². The third-order valence-corrected chi connectivity index (χ3v) is 3.49. The molecule has 0 spiro atoms. The summed E-state index contributed by atoms with van der Waals surface area (Å²) in [6.45, 7) is 8.19. The topological polar surface area (TPSA) is 67.9 Å². The van der Waals surface area contributed by atoms with Gasteiger partial charge in [0.15, 0.2) is 0 Å². The van der Waals surface area contributed by atoms with Crippen molar-refractivity contribution in [2.24, 2.45) is 17.6 Å². The van der Waals surface area contributed by atoms with Crippen LogP contribution in [0.4, 0.5) is 5.82 Å². The lowest BCUT2D eigenvalue weighted by atomic mass is 9.97. The first kappa shape index (κ1) is 13.4. The summed E-state index contributed by atoms with van der Waals surface area (Å²) in [5.74, 6) is 2.35. The van der Waals surface area contributed by atoms with Crippen molar-refractivity contribution < 1.29 is 0 Å². The summed E-state index contributed by atoms with van der Waals surface area (Å²) in [4.78, 5) is 0.